The second kappa shape index (κ2) is 5.75. The van der Waals surface area contributed by atoms with Crippen LogP contribution in [-0.2, 0) is 0 Å². The Morgan fingerprint density at radius 2 is 2.11 bits per heavy atom. The molecule has 2 aromatic rings. The van der Waals surface area contributed by atoms with Crippen molar-refractivity contribution in [3.05, 3.63) is 35.0 Å². The highest BCUT2D eigenvalue weighted by Gasteiger charge is 2.07. The van der Waals surface area contributed by atoms with Crippen molar-refractivity contribution >= 4 is 29.1 Å². The van der Waals surface area contributed by atoms with Gasteiger partial charge in [0.2, 0.25) is 5.95 Å². The van der Waals surface area contributed by atoms with Gasteiger partial charge in [-0.15, -0.1) is 0 Å². The van der Waals surface area contributed by atoms with Crippen molar-refractivity contribution in [1.82, 2.24) is 9.97 Å². The SMILES string of the molecule is CNc1ncc(C)c(Nc2cc(OC)ccc2Cl)n1. The Kier molecular flexibility index (Phi) is 4.06. The number of methoxy groups -OCH3 is 1. The predicted molar refractivity (Wildman–Crippen MR) is 77.6 cm³/mol. The van der Waals surface area contributed by atoms with Crippen molar-refractivity contribution < 1.29 is 4.74 Å². The van der Waals surface area contributed by atoms with E-state index in [0.717, 1.165) is 17.0 Å². The van der Waals surface area contributed by atoms with Crippen LogP contribution < -0.4 is 15.4 Å². The summed E-state index contributed by atoms with van der Waals surface area (Å²) in [5.74, 6) is 1.98. The Labute approximate surface area is 117 Å². The van der Waals surface area contributed by atoms with Crippen molar-refractivity contribution in [1.29, 1.82) is 0 Å². The van der Waals surface area contributed by atoms with Gasteiger partial charge in [-0.05, 0) is 19.1 Å². The van der Waals surface area contributed by atoms with Crippen molar-refractivity contribution in [3.63, 3.8) is 0 Å². The number of aryl methyl sites for hydroxylation is 1. The molecule has 2 rings (SSSR count). The van der Waals surface area contributed by atoms with Gasteiger partial charge in [-0.1, -0.05) is 11.6 Å². The quantitative estimate of drug-likeness (QED) is 0.899. The van der Waals surface area contributed by atoms with Gasteiger partial charge in [0, 0.05) is 24.9 Å². The van der Waals surface area contributed by atoms with Crippen molar-refractivity contribution in [2.24, 2.45) is 0 Å². The van der Waals surface area contributed by atoms with Gasteiger partial charge >= 0.3 is 0 Å². The van der Waals surface area contributed by atoms with Gasteiger partial charge in [0.15, 0.2) is 0 Å². The maximum Gasteiger partial charge on any atom is 0.224 e. The number of rotatable bonds is 4. The summed E-state index contributed by atoms with van der Waals surface area (Å²) in [5.41, 5.74) is 1.67. The number of hydrogen-bond donors (Lipinski definition) is 2. The van der Waals surface area contributed by atoms with Gasteiger partial charge in [-0.2, -0.15) is 4.98 Å². The Bertz CT molecular complexity index is 537. The summed E-state index contributed by atoms with van der Waals surface area (Å²) in [7, 11) is 3.38. The largest absolute Gasteiger partial charge is 0.497 e. The molecule has 0 aliphatic rings. The van der Waals surface area contributed by atoms with Crippen LogP contribution in [-0.4, -0.2) is 24.1 Å². The van der Waals surface area contributed by atoms with Gasteiger partial charge < -0.3 is 15.4 Å². The zero-order valence-corrected chi connectivity index (χ0v) is 11.7. The second-order valence-corrected chi connectivity index (χ2v) is 4.35. The summed E-state index contributed by atoms with van der Waals surface area (Å²) >= 11 is 6.15. The Balaban J connectivity index is 2.35. The molecule has 1 aromatic heterocycles. The fraction of sp³-hybridized carbons (Fsp3) is 0.231. The maximum atomic E-state index is 6.15. The average molecular weight is 279 g/mol. The third-order valence-corrected chi connectivity index (χ3v) is 2.95. The van der Waals surface area contributed by atoms with Crippen LogP contribution in [0.5, 0.6) is 5.75 Å². The number of ether oxygens (including phenoxy) is 1. The lowest BCUT2D eigenvalue weighted by atomic mass is 10.2. The molecule has 0 fully saturated rings. The molecule has 1 aromatic carbocycles. The van der Waals surface area contributed by atoms with E-state index in [9.17, 15) is 0 Å². The van der Waals surface area contributed by atoms with Crippen LogP contribution >= 0.6 is 11.6 Å². The fourth-order valence-corrected chi connectivity index (χ4v) is 1.71. The lowest BCUT2D eigenvalue weighted by Gasteiger charge is -2.12. The first kappa shape index (κ1) is 13.4. The van der Waals surface area contributed by atoms with E-state index in [1.807, 2.05) is 13.0 Å². The lowest BCUT2D eigenvalue weighted by Crippen LogP contribution is -2.02. The molecule has 0 amide bonds. The van der Waals surface area contributed by atoms with E-state index in [1.54, 1.807) is 32.5 Å². The van der Waals surface area contributed by atoms with Gasteiger partial charge in [0.05, 0.1) is 17.8 Å². The molecule has 0 saturated heterocycles. The van der Waals surface area contributed by atoms with E-state index < -0.39 is 0 Å². The van der Waals surface area contributed by atoms with Gasteiger partial charge in [0.1, 0.15) is 11.6 Å². The van der Waals surface area contributed by atoms with E-state index in [1.165, 1.54) is 0 Å². The van der Waals surface area contributed by atoms with Crippen molar-refractivity contribution in [3.8, 4) is 5.75 Å². The smallest absolute Gasteiger partial charge is 0.224 e. The molecular weight excluding hydrogens is 264 g/mol. The molecule has 0 radical (unpaired) electrons. The number of halogens is 1. The molecule has 6 heteroatoms. The molecule has 100 valence electrons. The van der Waals surface area contributed by atoms with Crippen molar-refractivity contribution in [2.75, 3.05) is 24.8 Å². The molecule has 1 heterocycles. The third kappa shape index (κ3) is 3.06. The van der Waals surface area contributed by atoms with Crippen LogP contribution in [0.3, 0.4) is 0 Å². The average Bonchev–Trinajstić information content (AvgIpc) is 2.43. The molecule has 0 aliphatic carbocycles. The number of nitrogens with one attached hydrogen (secondary N) is 2. The van der Waals surface area contributed by atoms with Crippen LogP contribution in [0.25, 0.3) is 0 Å². The highest BCUT2D eigenvalue weighted by molar-refractivity contribution is 6.33. The Morgan fingerprint density at radius 3 is 2.79 bits per heavy atom. The topological polar surface area (TPSA) is 59.1 Å². The number of nitrogens with zero attached hydrogens (tertiary/aromatic N) is 2. The number of anilines is 3. The maximum absolute atomic E-state index is 6.15. The highest BCUT2D eigenvalue weighted by atomic mass is 35.5. The molecule has 0 aliphatic heterocycles. The summed E-state index contributed by atoms with van der Waals surface area (Å²) in [5, 5.41) is 6.69. The number of hydrogen-bond acceptors (Lipinski definition) is 5. The summed E-state index contributed by atoms with van der Waals surface area (Å²) in [6.45, 7) is 1.93. The first-order chi connectivity index (χ1) is 9.13. The summed E-state index contributed by atoms with van der Waals surface area (Å²) in [4.78, 5) is 8.49. The minimum Gasteiger partial charge on any atom is -0.497 e. The fourth-order valence-electron chi connectivity index (χ4n) is 1.54. The van der Waals surface area contributed by atoms with E-state index in [2.05, 4.69) is 20.6 Å². The van der Waals surface area contributed by atoms with Gasteiger partial charge in [-0.25, -0.2) is 4.98 Å². The molecule has 0 atom stereocenters. The second-order valence-electron chi connectivity index (χ2n) is 3.95. The zero-order chi connectivity index (χ0) is 13.8. The molecule has 0 bridgehead atoms. The van der Waals surface area contributed by atoms with Crippen LogP contribution in [0, 0.1) is 6.92 Å². The molecule has 2 N–H and O–H groups in total. The summed E-state index contributed by atoms with van der Waals surface area (Å²) in [6.07, 6.45) is 1.75. The Hall–Kier alpha value is -2.01. The summed E-state index contributed by atoms with van der Waals surface area (Å²) < 4.78 is 5.18. The Morgan fingerprint density at radius 1 is 1.32 bits per heavy atom. The lowest BCUT2D eigenvalue weighted by molar-refractivity contribution is 0.415. The first-order valence-electron chi connectivity index (χ1n) is 5.76. The summed E-state index contributed by atoms with van der Waals surface area (Å²) in [6, 6.07) is 5.40. The van der Waals surface area contributed by atoms with Crippen LogP contribution in [0.4, 0.5) is 17.5 Å². The number of benzene rings is 1. The van der Waals surface area contributed by atoms with E-state index in [0.29, 0.717) is 16.8 Å². The third-order valence-electron chi connectivity index (χ3n) is 2.62. The molecule has 0 unspecified atom stereocenters. The van der Waals surface area contributed by atoms with E-state index >= 15 is 0 Å². The molecule has 19 heavy (non-hydrogen) atoms. The molecule has 0 saturated carbocycles. The zero-order valence-electron chi connectivity index (χ0n) is 11.0. The molecular formula is C13H15ClN4O. The predicted octanol–water partition coefficient (Wildman–Crippen LogP) is 3.23. The normalized spacial score (nSPS) is 10.1. The standard InChI is InChI=1S/C13H15ClN4O/c1-8-7-16-13(15-2)18-12(8)17-11-6-9(19-3)4-5-10(11)14/h4-7H,1-3H3,(H2,15,16,17,18). The van der Waals surface area contributed by atoms with Gasteiger partial charge in [0.25, 0.3) is 0 Å². The van der Waals surface area contributed by atoms with Gasteiger partial charge in [-0.3, -0.25) is 0 Å². The first-order valence-corrected chi connectivity index (χ1v) is 6.14. The molecule has 5 nitrogen and oxygen atoms in total. The van der Waals surface area contributed by atoms with Crippen LogP contribution in [0.1, 0.15) is 5.56 Å². The van der Waals surface area contributed by atoms with E-state index in [-0.39, 0.29) is 0 Å². The number of aromatic nitrogens is 2. The highest BCUT2D eigenvalue weighted by Crippen LogP contribution is 2.29. The monoisotopic (exact) mass is 278 g/mol. The van der Waals surface area contributed by atoms with Crippen LogP contribution in [0.2, 0.25) is 5.02 Å². The molecule has 0 spiro atoms. The van der Waals surface area contributed by atoms with Crippen LogP contribution in [0.15, 0.2) is 24.4 Å². The minimum atomic E-state index is 0.548. The van der Waals surface area contributed by atoms with E-state index in [4.69, 9.17) is 16.3 Å². The van der Waals surface area contributed by atoms with Crippen molar-refractivity contribution in [2.45, 2.75) is 6.92 Å². The minimum absolute atomic E-state index is 0.548.